The molecule has 0 aromatic heterocycles. The monoisotopic (exact) mass is 308 g/mol. The largest absolute Gasteiger partial charge is 0.389 e. The van der Waals surface area contributed by atoms with Gasteiger partial charge < -0.3 is 11.1 Å². The van der Waals surface area contributed by atoms with Gasteiger partial charge in [0.25, 0.3) is 0 Å². The van der Waals surface area contributed by atoms with Gasteiger partial charge >= 0.3 is 0 Å². The maximum atomic E-state index is 13.8. The van der Waals surface area contributed by atoms with Gasteiger partial charge in [0.2, 0.25) is 5.91 Å². The quantitative estimate of drug-likeness (QED) is 0.814. The van der Waals surface area contributed by atoms with Crippen molar-refractivity contribution in [1.82, 2.24) is 0 Å². The summed E-state index contributed by atoms with van der Waals surface area (Å²) in [5.74, 6) is 0.000187. The maximum Gasteiger partial charge on any atom is 0.224 e. The molecule has 0 atom stereocenters. The van der Waals surface area contributed by atoms with Crippen molar-refractivity contribution in [3.8, 4) is 0 Å². The van der Waals surface area contributed by atoms with Crippen LogP contribution in [0.25, 0.3) is 0 Å². The van der Waals surface area contributed by atoms with Crippen molar-refractivity contribution in [3.05, 3.63) is 29.6 Å². The third-order valence-corrected chi connectivity index (χ3v) is 4.27. The van der Waals surface area contributed by atoms with E-state index in [1.807, 2.05) is 0 Å². The molecule has 0 saturated heterocycles. The molecule has 1 aromatic carbocycles. The van der Waals surface area contributed by atoms with Gasteiger partial charge in [-0.2, -0.15) is 0 Å². The summed E-state index contributed by atoms with van der Waals surface area (Å²) in [6.45, 7) is 0. The van der Waals surface area contributed by atoms with Gasteiger partial charge in [0.05, 0.1) is 5.69 Å². The van der Waals surface area contributed by atoms with Crippen molar-refractivity contribution < 1.29 is 9.18 Å². The van der Waals surface area contributed by atoms with Crippen LogP contribution in [0.3, 0.4) is 0 Å². The highest BCUT2D eigenvalue weighted by molar-refractivity contribution is 7.80. The molecule has 0 bridgehead atoms. The zero-order chi connectivity index (χ0) is 15.2. The van der Waals surface area contributed by atoms with Gasteiger partial charge in [0, 0.05) is 12.0 Å². The van der Waals surface area contributed by atoms with E-state index in [-0.39, 0.29) is 16.6 Å². The van der Waals surface area contributed by atoms with E-state index in [0.717, 1.165) is 6.42 Å². The molecule has 114 valence electrons. The van der Waals surface area contributed by atoms with Crippen LogP contribution in [-0.2, 0) is 4.79 Å². The number of amides is 1. The minimum absolute atomic E-state index is 0.137. The molecule has 0 heterocycles. The second kappa shape index (κ2) is 7.50. The zero-order valence-electron chi connectivity index (χ0n) is 12.0. The Morgan fingerprint density at radius 2 is 2.05 bits per heavy atom. The predicted octanol–water partition coefficient (Wildman–Crippen LogP) is 3.76. The fraction of sp³-hybridized carbons (Fsp3) is 0.500. The second-order valence-electron chi connectivity index (χ2n) is 5.65. The minimum atomic E-state index is -0.508. The maximum absolute atomic E-state index is 13.8. The molecule has 1 aliphatic carbocycles. The standard InChI is InChI=1S/C16H21FN2OS/c17-13-10-12(16(18)21)7-8-14(13)19-15(20)9-6-11-4-2-1-3-5-11/h7-8,10-11H,1-6,9H2,(H2,18,21)(H,19,20). The Hall–Kier alpha value is -1.49. The Morgan fingerprint density at radius 1 is 1.33 bits per heavy atom. The molecule has 1 fully saturated rings. The Balaban J connectivity index is 1.85. The van der Waals surface area contributed by atoms with E-state index < -0.39 is 5.82 Å². The van der Waals surface area contributed by atoms with Crippen LogP contribution >= 0.6 is 12.2 Å². The molecule has 1 saturated carbocycles. The van der Waals surface area contributed by atoms with E-state index in [0.29, 0.717) is 17.9 Å². The first-order valence-corrected chi connectivity index (χ1v) is 7.86. The lowest BCUT2D eigenvalue weighted by atomic mass is 9.86. The van der Waals surface area contributed by atoms with E-state index in [4.69, 9.17) is 18.0 Å². The number of carbonyl (C=O) groups is 1. The first kappa shape index (κ1) is 15.9. The Labute approximate surface area is 130 Å². The van der Waals surface area contributed by atoms with Crippen molar-refractivity contribution in [2.75, 3.05) is 5.32 Å². The second-order valence-corrected chi connectivity index (χ2v) is 6.09. The molecule has 0 aliphatic heterocycles. The van der Waals surface area contributed by atoms with Gasteiger partial charge in [-0.3, -0.25) is 4.79 Å². The third-order valence-electron chi connectivity index (χ3n) is 4.03. The summed E-state index contributed by atoms with van der Waals surface area (Å²) in [6.07, 6.45) is 7.60. The minimum Gasteiger partial charge on any atom is -0.389 e. The molecule has 2 rings (SSSR count). The molecule has 0 unspecified atom stereocenters. The lowest BCUT2D eigenvalue weighted by Gasteiger charge is -2.21. The molecule has 3 nitrogen and oxygen atoms in total. The fourth-order valence-corrected chi connectivity index (χ4v) is 2.92. The summed E-state index contributed by atoms with van der Waals surface area (Å²) in [7, 11) is 0. The molecule has 1 aliphatic rings. The van der Waals surface area contributed by atoms with E-state index in [1.165, 1.54) is 44.2 Å². The van der Waals surface area contributed by atoms with E-state index in [1.54, 1.807) is 6.07 Å². The number of nitrogens with two attached hydrogens (primary N) is 1. The summed E-state index contributed by atoms with van der Waals surface area (Å²) in [6, 6.07) is 4.36. The van der Waals surface area contributed by atoms with Crippen LogP contribution in [0.1, 0.15) is 50.5 Å². The molecular formula is C16H21FN2OS. The zero-order valence-corrected chi connectivity index (χ0v) is 12.8. The van der Waals surface area contributed by atoms with Gasteiger partial charge in [-0.1, -0.05) is 44.3 Å². The molecular weight excluding hydrogens is 287 g/mol. The summed E-state index contributed by atoms with van der Waals surface area (Å²) < 4.78 is 13.8. The summed E-state index contributed by atoms with van der Waals surface area (Å²) in [5.41, 5.74) is 6.09. The topological polar surface area (TPSA) is 55.1 Å². The van der Waals surface area contributed by atoms with Gasteiger partial charge in [0.1, 0.15) is 10.8 Å². The van der Waals surface area contributed by atoms with Gasteiger partial charge in [-0.25, -0.2) is 4.39 Å². The third kappa shape index (κ3) is 4.77. The number of hydrogen-bond acceptors (Lipinski definition) is 2. The molecule has 5 heteroatoms. The highest BCUT2D eigenvalue weighted by Gasteiger charge is 2.15. The SMILES string of the molecule is NC(=S)c1ccc(NC(=O)CCC2CCCCC2)c(F)c1. The highest BCUT2D eigenvalue weighted by Crippen LogP contribution is 2.27. The Bertz CT molecular complexity index is 527. The Kier molecular flexibility index (Phi) is 5.67. The molecule has 1 aromatic rings. The lowest BCUT2D eigenvalue weighted by Crippen LogP contribution is -2.16. The number of hydrogen-bond donors (Lipinski definition) is 2. The molecule has 0 spiro atoms. The summed E-state index contributed by atoms with van der Waals surface area (Å²) >= 11 is 4.79. The van der Waals surface area contributed by atoms with Gasteiger partial charge in [-0.05, 0) is 30.5 Å². The van der Waals surface area contributed by atoms with Crippen molar-refractivity contribution in [2.24, 2.45) is 11.7 Å². The van der Waals surface area contributed by atoms with E-state index in [2.05, 4.69) is 5.32 Å². The number of anilines is 1. The van der Waals surface area contributed by atoms with Crippen LogP contribution < -0.4 is 11.1 Å². The van der Waals surface area contributed by atoms with E-state index in [9.17, 15) is 9.18 Å². The van der Waals surface area contributed by atoms with Gasteiger partial charge in [0.15, 0.2) is 0 Å². The highest BCUT2D eigenvalue weighted by atomic mass is 32.1. The molecule has 1 amide bonds. The van der Waals surface area contributed by atoms with Crippen LogP contribution in [0.2, 0.25) is 0 Å². The average Bonchev–Trinajstić information content (AvgIpc) is 2.48. The number of benzene rings is 1. The first-order chi connectivity index (χ1) is 10.1. The van der Waals surface area contributed by atoms with E-state index >= 15 is 0 Å². The van der Waals surface area contributed by atoms with Crippen LogP contribution in [0.4, 0.5) is 10.1 Å². The van der Waals surface area contributed by atoms with Crippen molar-refractivity contribution >= 4 is 28.8 Å². The lowest BCUT2D eigenvalue weighted by molar-refractivity contribution is -0.116. The van der Waals surface area contributed by atoms with Crippen LogP contribution in [-0.4, -0.2) is 10.9 Å². The van der Waals surface area contributed by atoms with Crippen LogP contribution in [0.5, 0.6) is 0 Å². The molecule has 21 heavy (non-hydrogen) atoms. The summed E-state index contributed by atoms with van der Waals surface area (Å²) in [4.78, 5) is 12.0. The van der Waals surface area contributed by atoms with Crippen molar-refractivity contribution in [1.29, 1.82) is 0 Å². The Morgan fingerprint density at radius 3 is 2.67 bits per heavy atom. The summed E-state index contributed by atoms with van der Waals surface area (Å²) in [5, 5.41) is 2.62. The van der Waals surface area contributed by atoms with Crippen LogP contribution in [0, 0.1) is 11.7 Å². The van der Waals surface area contributed by atoms with Crippen molar-refractivity contribution in [3.63, 3.8) is 0 Å². The predicted molar refractivity (Wildman–Crippen MR) is 86.7 cm³/mol. The molecule has 3 N–H and O–H groups in total. The fourth-order valence-electron chi connectivity index (χ4n) is 2.79. The van der Waals surface area contributed by atoms with Gasteiger partial charge in [-0.15, -0.1) is 0 Å². The first-order valence-electron chi connectivity index (χ1n) is 7.45. The smallest absolute Gasteiger partial charge is 0.224 e. The molecule has 0 radical (unpaired) electrons. The van der Waals surface area contributed by atoms with Crippen LogP contribution in [0.15, 0.2) is 18.2 Å². The number of nitrogens with one attached hydrogen (secondary N) is 1. The number of thiocarbonyl (C=S) groups is 1. The number of halogens is 1. The number of rotatable bonds is 5. The normalized spacial score (nSPS) is 15.7. The average molecular weight is 308 g/mol. The number of carbonyl (C=O) groups excluding carboxylic acids is 1. The van der Waals surface area contributed by atoms with Crippen molar-refractivity contribution in [2.45, 2.75) is 44.9 Å².